The number of rotatable bonds is 3. The molecule has 0 radical (unpaired) electrons. The molecule has 0 aromatic carbocycles. The average molecular weight is 187 g/mol. The van der Waals surface area contributed by atoms with Crippen molar-refractivity contribution in [1.82, 2.24) is 0 Å². The van der Waals surface area contributed by atoms with E-state index in [1.807, 2.05) is 0 Å². The van der Waals surface area contributed by atoms with E-state index in [9.17, 15) is 9.59 Å². The monoisotopic (exact) mass is 187 g/mol. The molecule has 5 heteroatoms. The molecule has 0 amide bonds. The van der Waals surface area contributed by atoms with Crippen molar-refractivity contribution in [2.45, 2.75) is 13.3 Å². The maximum absolute atomic E-state index is 11.0. The number of hydrogen-bond acceptors (Lipinski definition) is 5. The highest BCUT2D eigenvalue weighted by molar-refractivity contribution is 5.99. The third-order valence-corrected chi connectivity index (χ3v) is 1.52. The maximum Gasteiger partial charge on any atom is 0.354 e. The van der Waals surface area contributed by atoms with Crippen LogP contribution in [0.15, 0.2) is 11.3 Å². The van der Waals surface area contributed by atoms with Gasteiger partial charge in [0.25, 0.3) is 0 Å². The Morgan fingerprint density at radius 2 is 1.62 bits per heavy atom. The number of nitrogens with two attached hydrogens (primary N) is 1. The van der Waals surface area contributed by atoms with E-state index >= 15 is 0 Å². The Morgan fingerprint density at radius 1 is 1.15 bits per heavy atom. The van der Waals surface area contributed by atoms with Crippen LogP contribution in [0.5, 0.6) is 0 Å². The number of ether oxygens (including phenoxy) is 2. The molecule has 74 valence electrons. The van der Waals surface area contributed by atoms with Gasteiger partial charge in [-0.25, -0.2) is 9.59 Å². The molecule has 0 fully saturated rings. The van der Waals surface area contributed by atoms with Gasteiger partial charge >= 0.3 is 11.9 Å². The SMILES string of the molecule is CC/C(C(=O)OC)=C(\N)C(=O)OC. The predicted octanol–water partition coefficient (Wildman–Crippen LogP) is -0.0448. The fourth-order valence-electron chi connectivity index (χ4n) is 0.801. The number of methoxy groups -OCH3 is 2. The maximum atomic E-state index is 11.0. The van der Waals surface area contributed by atoms with E-state index in [-0.39, 0.29) is 11.3 Å². The molecule has 0 saturated carbocycles. The Morgan fingerprint density at radius 3 is 1.92 bits per heavy atom. The lowest BCUT2D eigenvalue weighted by molar-refractivity contribution is -0.139. The molecule has 0 unspecified atom stereocenters. The van der Waals surface area contributed by atoms with Crippen LogP contribution in [0.2, 0.25) is 0 Å². The van der Waals surface area contributed by atoms with Crippen LogP contribution < -0.4 is 5.73 Å². The minimum atomic E-state index is -0.720. The summed E-state index contributed by atoms with van der Waals surface area (Å²) in [4.78, 5) is 22.0. The van der Waals surface area contributed by atoms with Crippen molar-refractivity contribution in [2.24, 2.45) is 5.73 Å². The Labute approximate surface area is 76.5 Å². The van der Waals surface area contributed by atoms with Gasteiger partial charge in [0.1, 0.15) is 5.70 Å². The van der Waals surface area contributed by atoms with Crippen molar-refractivity contribution in [3.05, 3.63) is 11.3 Å². The minimum Gasteiger partial charge on any atom is -0.466 e. The van der Waals surface area contributed by atoms with Crippen LogP contribution >= 0.6 is 0 Å². The van der Waals surface area contributed by atoms with E-state index in [2.05, 4.69) is 9.47 Å². The summed E-state index contributed by atoms with van der Waals surface area (Å²) in [5.41, 5.74) is 5.30. The van der Waals surface area contributed by atoms with Gasteiger partial charge in [-0.05, 0) is 6.42 Å². The van der Waals surface area contributed by atoms with Gasteiger partial charge in [0.2, 0.25) is 0 Å². The first-order valence-corrected chi connectivity index (χ1v) is 3.73. The quantitative estimate of drug-likeness (QED) is 0.495. The fraction of sp³-hybridized carbons (Fsp3) is 0.500. The normalized spacial score (nSPS) is 11.6. The Balaban J connectivity index is 4.89. The Hall–Kier alpha value is -1.52. The smallest absolute Gasteiger partial charge is 0.354 e. The molecule has 0 bridgehead atoms. The molecular weight excluding hydrogens is 174 g/mol. The first-order valence-electron chi connectivity index (χ1n) is 3.73. The molecule has 0 rings (SSSR count). The summed E-state index contributed by atoms with van der Waals surface area (Å²) in [5, 5.41) is 0. The van der Waals surface area contributed by atoms with E-state index in [1.165, 1.54) is 14.2 Å². The van der Waals surface area contributed by atoms with E-state index in [0.717, 1.165) is 0 Å². The van der Waals surface area contributed by atoms with Crippen LogP contribution in [-0.4, -0.2) is 26.2 Å². The van der Waals surface area contributed by atoms with Crippen LogP contribution in [-0.2, 0) is 19.1 Å². The molecule has 0 atom stereocenters. The fourth-order valence-corrected chi connectivity index (χ4v) is 0.801. The lowest BCUT2D eigenvalue weighted by atomic mass is 10.1. The Kier molecular flexibility index (Phi) is 4.58. The number of esters is 2. The van der Waals surface area contributed by atoms with Crippen molar-refractivity contribution >= 4 is 11.9 Å². The summed E-state index contributed by atoms with van der Waals surface area (Å²) in [7, 11) is 2.42. The molecular formula is C8H13NO4. The molecule has 0 aromatic heterocycles. The third kappa shape index (κ3) is 2.77. The summed E-state index contributed by atoms with van der Waals surface area (Å²) in [6.45, 7) is 1.70. The van der Waals surface area contributed by atoms with Gasteiger partial charge < -0.3 is 15.2 Å². The first-order chi connectivity index (χ1) is 6.08. The van der Waals surface area contributed by atoms with Crippen LogP contribution in [0.1, 0.15) is 13.3 Å². The van der Waals surface area contributed by atoms with Gasteiger partial charge in [-0.2, -0.15) is 0 Å². The molecule has 0 saturated heterocycles. The van der Waals surface area contributed by atoms with E-state index in [0.29, 0.717) is 6.42 Å². The number of carbonyl (C=O) groups is 2. The highest BCUT2D eigenvalue weighted by Gasteiger charge is 2.17. The van der Waals surface area contributed by atoms with Crippen molar-refractivity contribution in [3.8, 4) is 0 Å². The molecule has 0 spiro atoms. The lowest BCUT2D eigenvalue weighted by Crippen LogP contribution is -2.20. The standard InChI is InChI=1S/C8H13NO4/c1-4-5(7(10)12-2)6(9)8(11)13-3/h4,9H2,1-3H3/b6-5+. The topological polar surface area (TPSA) is 78.6 Å². The summed E-state index contributed by atoms with van der Waals surface area (Å²) < 4.78 is 8.79. The van der Waals surface area contributed by atoms with Gasteiger partial charge in [0.15, 0.2) is 0 Å². The molecule has 0 aromatic rings. The molecule has 13 heavy (non-hydrogen) atoms. The summed E-state index contributed by atoms with van der Waals surface area (Å²) >= 11 is 0. The second-order valence-corrected chi connectivity index (χ2v) is 2.23. The number of carbonyl (C=O) groups excluding carboxylic acids is 2. The largest absolute Gasteiger partial charge is 0.466 e. The van der Waals surface area contributed by atoms with Gasteiger partial charge in [-0.1, -0.05) is 6.92 Å². The van der Waals surface area contributed by atoms with Crippen LogP contribution in [0.4, 0.5) is 0 Å². The zero-order valence-electron chi connectivity index (χ0n) is 7.92. The van der Waals surface area contributed by atoms with Crippen molar-refractivity contribution in [3.63, 3.8) is 0 Å². The van der Waals surface area contributed by atoms with Crippen LogP contribution in [0.3, 0.4) is 0 Å². The molecule has 0 heterocycles. The van der Waals surface area contributed by atoms with E-state index < -0.39 is 11.9 Å². The summed E-state index contributed by atoms with van der Waals surface area (Å²) in [5.74, 6) is -1.33. The molecule has 0 aliphatic rings. The highest BCUT2D eigenvalue weighted by atomic mass is 16.5. The summed E-state index contributed by atoms with van der Waals surface area (Å²) in [6.07, 6.45) is 0.327. The zero-order chi connectivity index (χ0) is 10.4. The van der Waals surface area contributed by atoms with Crippen molar-refractivity contribution in [2.75, 3.05) is 14.2 Å². The molecule has 0 aliphatic carbocycles. The number of hydrogen-bond donors (Lipinski definition) is 1. The van der Waals surface area contributed by atoms with Crippen LogP contribution in [0, 0.1) is 0 Å². The highest BCUT2D eigenvalue weighted by Crippen LogP contribution is 2.07. The first kappa shape index (κ1) is 11.5. The average Bonchev–Trinajstić information content (AvgIpc) is 2.17. The van der Waals surface area contributed by atoms with Crippen molar-refractivity contribution in [1.29, 1.82) is 0 Å². The lowest BCUT2D eigenvalue weighted by Gasteiger charge is -2.05. The zero-order valence-corrected chi connectivity index (χ0v) is 7.92. The second kappa shape index (κ2) is 5.18. The van der Waals surface area contributed by atoms with Gasteiger partial charge in [0, 0.05) is 0 Å². The van der Waals surface area contributed by atoms with Crippen LogP contribution in [0.25, 0.3) is 0 Å². The van der Waals surface area contributed by atoms with Gasteiger partial charge in [-0.3, -0.25) is 0 Å². The molecule has 5 nitrogen and oxygen atoms in total. The predicted molar refractivity (Wildman–Crippen MR) is 45.5 cm³/mol. The Bertz CT molecular complexity index is 245. The third-order valence-electron chi connectivity index (χ3n) is 1.52. The van der Waals surface area contributed by atoms with Gasteiger partial charge in [0.05, 0.1) is 19.8 Å². The van der Waals surface area contributed by atoms with E-state index in [4.69, 9.17) is 5.73 Å². The van der Waals surface area contributed by atoms with Gasteiger partial charge in [-0.15, -0.1) is 0 Å². The summed E-state index contributed by atoms with van der Waals surface area (Å²) in [6, 6.07) is 0. The second-order valence-electron chi connectivity index (χ2n) is 2.23. The van der Waals surface area contributed by atoms with Crippen molar-refractivity contribution < 1.29 is 19.1 Å². The van der Waals surface area contributed by atoms with E-state index in [1.54, 1.807) is 6.92 Å². The molecule has 2 N–H and O–H groups in total. The molecule has 0 aliphatic heterocycles. The minimum absolute atomic E-state index is 0.134.